The van der Waals surface area contributed by atoms with E-state index in [4.69, 9.17) is 4.42 Å². The molecule has 3 rings (SSSR count). The number of furan rings is 1. The Morgan fingerprint density at radius 3 is 2.87 bits per heavy atom. The average molecular weight is 311 g/mol. The van der Waals surface area contributed by atoms with Crippen LogP contribution in [0.3, 0.4) is 0 Å². The molecule has 3 heterocycles. The highest BCUT2D eigenvalue weighted by molar-refractivity contribution is 5.95. The molecule has 0 saturated carbocycles. The lowest BCUT2D eigenvalue weighted by Gasteiger charge is -2.04. The van der Waals surface area contributed by atoms with Crippen LogP contribution in [0.1, 0.15) is 21.9 Å². The number of hydrogen-bond donors (Lipinski definition) is 1. The van der Waals surface area contributed by atoms with Crippen molar-refractivity contribution < 1.29 is 9.21 Å². The molecule has 0 spiro atoms. The van der Waals surface area contributed by atoms with Crippen molar-refractivity contribution in [2.24, 2.45) is 0 Å². The van der Waals surface area contributed by atoms with Crippen LogP contribution < -0.4 is 5.32 Å². The number of nitrogens with zero attached hydrogens (tertiary/aromatic N) is 4. The Morgan fingerprint density at radius 1 is 1.30 bits per heavy atom. The van der Waals surface area contributed by atoms with Gasteiger partial charge in [0.1, 0.15) is 22.9 Å². The minimum Gasteiger partial charge on any atom is -0.466 e. The molecule has 0 aromatic carbocycles. The van der Waals surface area contributed by atoms with Gasteiger partial charge in [0.2, 0.25) is 0 Å². The number of rotatable bonds is 5. The number of aromatic nitrogens is 4. The van der Waals surface area contributed by atoms with Crippen LogP contribution in [-0.2, 0) is 6.54 Å². The van der Waals surface area contributed by atoms with E-state index in [1.165, 1.54) is 0 Å². The maximum Gasteiger partial charge on any atom is 0.254 e. The first-order valence-electron chi connectivity index (χ1n) is 7.28. The van der Waals surface area contributed by atoms with E-state index in [9.17, 15) is 4.79 Å². The van der Waals surface area contributed by atoms with Crippen LogP contribution in [0.15, 0.2) is 41.3 Å². The van der Waals surface area contributed by atoms with Gasteiger partial charge in [-0.3, -0.25) is 19.4 Å². The molecule has 3 aromatic rings. The molecule has 0 atom stereocenters. The van der Waals surface area contributed by atoms with Gasteiger partial charge in [-0.1, -0.05) is 0 Å². The number of amides is 1. The standard InChI is InChI=1S/C16H17N5O2/c1-11-9-13(12(2)23-11)16(22)19-6-8-21-7-3-14(20-21)15-10-17-4-5-18-15/h3-5,7,9-10H,6,8H2,1-2H3,(H,19,22). The van der Waals surface area contributed by atoms with E-state index in [-0.39, 0.29) is 5.91 Å². The molecule has 0 unspecified atom stereocenters. The zero-order valence-electron chi connectivity index (χ0n) is 13.0. The minimum absolute atomic E-state index is 0.138. The highest BCUT2D eigenvalue weighted by Crippen LogP contribution is 2.13. The lowest BCUT2D eigenvalue weighted by atomic mass is 10.2. The van der Waals surface area contributed by atoms with Crippen LogP contribution in [0, 0.1) is 13.8 Å². The molecule has 7 heteroatoms. The SMILES string of the molecule is Cc1cc(C(=O)NCCn2ccc(-c3cnccn3)n2)c(C)o1. The van der Waals surface area contributed by atoms with E-state index in [1.807, 2.05) is 19.2 Å². The number of nitrogens with one attached hydrogen (secondary N) is 1. The van der Waals surface area contributed by atoms with E-state index in [0.717, 1.165) is 17.1 Å². The molecule has 1 N–H and O–H groups in total. The highest BCUT2D eigenvalue weighted by atomic mass is 16.3. The van der Waals surface area contributed by atoms with Crippen LogP contribution in [0.2, 0.25) is 0 Å². The topological polar surface area (TPSA) is 85.8 Å². The fourth-order valence-electron chi connectivity index (χ4n) is 2.29. The zero-order valence-corrected chi connectivity index (χ0v) is 13.0. The summed E-state index contributed by atoms with van der Waals surface area (Å²) >= 11 is 0. The summed E-state index contributed by atoms with van der Waals surface area (Å²) in [7, 11) is 0. The molecule has 0 fully saturated rings. The van der Waals surface area contributed by atoms with Crippen molar-refractivity contribution in [2.75, 3.05) is 6.54 Å². The molecule has 0 bridgehead atoms. The molecule has 3 aromatic heterocycles. The van der Waals surface area contributed by atoms with Crippen LogP contribution in [0.4, 0.5) is 0 Å². The third-order valence-corrected chi connectivity index (χ3v) is 3.38. The van der Waals surface area contributed by atoms with Crippen molar-refractivity contribution in [2.45, 2.75) is 20.4 Å². The Balaban J connectivity index is 1.56. The van der Waals surface area contributed by atoms with Crippen LogP contribution >= 0.6 is 0 Å². The summed E-state index contributed by atoms with van der Waals surface area (Å²) in [5, 5.41) is 7.28. The smallest absolute Gasteiger partial charge is 0.254 e. The third-order valence-electron chi connectivity index (χ3n) is 3.38. The first kappa shape index (κ1) is 15.0. The molecular weight excluding hydrogens is 294 g/mol. The Labute approximate surface area is 133 Å². The van der Waals surface area contributed by atoms with Gasteiger partial charge in [0.05, 0.1) is 18.3 Å². The van der Waals surface area contributed by atoms with Crippen molar-refractivity contribution in [3.63, 3.8) is 0 Å². The maximum atomic E-state index is 12.1. The van der Waals surface area contributed by atoms with Crippen molar-refractivity contribution in [3.8, 4) is 11.4 Å². The molecule has 0 aliphatic rings. The summed E-state index contributed by atoms with van der Waals surface area (Å²) in [6.07, 6.45) is 6.77. The lowest BCUT2D eigenvalue weighted by molar-refractivity contribution is 0.0950. The Morgan fingerprint density at radius 2 is 2.17 bits per heavy atom. The third kappa shape index (κ3) is 3.45. The summed E-state index contributed by atoms with van der Waals surface area (Å²) in [6.45, 7) is 4.65. The number of carbonyl (C=O) groups excluding carboxylic acids is 1. The lowest BCUT2D eigenvalue weighted by Crippen LogP contribution is -2.27. The molecule has 118 valence electrons. The number of carbonyl (C=O) groups is 1. The van der Waals surface area contributed by atoms with Gasteiger partial charge in [0, 0.05) is 25.1 Å². The second-order valence-electron chi connectivity index (χ2n) is 5.14. The summed E-state index contributed by atoms with van der Waals surface area (Å²) in [5.41, 5.74) is 2.05. The molecular formula is C16H17N5O2. The Kier molecular flexibility index (Phi) is 4.18. The maximum absolute atomic E-state index is 12.1. The van der Waals surface area contributed by atoms with Gasteiger partial charge in [-0.2, -0.15) is 5.10 Å². The molecule has 0 radical (unpaired) electrons. The van der Waals surface area contributed by atoms with Crippen molar-refractivity contribution in [1.82, 2.24) is 25.1 Å². The van der Waals surface area contributed by atoms with Crippen LogP contribution in [-0.4, -0.2) is 32.2 Å². The molecule has 7 nitrogen and oxygen atoms in total. The normalized spacial score (nSPS) is 10.7. The van der Waals surface area contributed by atoms with Crippen molar-refractivity contribution in [3.05, 3.63) is 54.0 Å². The fourth-order valence-corrected chi connectivity index (χ4v) is 2.29. The summed E-state index contributed by atoms with van der Waals surface area (Å²) in [4.78, 5) is 20.3. The largest absolute Gasteiger partial charge is 0.466 e. The average Bonchev–Trinajstić information content (AvgIpc) is 3.14. The van der Waals surface area contributed by atoms with Crippen molar-refractivity contribution in [1.29, 1.82) is 0 Å². The quantitative estimate of drug-likeness (QED) is 0.778. The molecule has 23 heavy (non-hydrogen) atoms. The highest BCUT2D eigenvalue weighted by Gasteiger charge is 2.12. The van der Waals surface area contributed by atoms with E-state index < -0.39 is 0 Å². The van der Waals surface area contributed by atoms with Gasteiger partial charge in [-0.25, -0.2) is 0 Å². The zero-order chi connectivity index (χ0) is 16.2. The fraction of sp³-hybridized carbons (Fsp3) is 0.250. The van der Waals surface area contributed by atoms with Crippen LogP contribution in [0.5, 0.6) is 0 Å². The second kappa shape index (κ2) is 6.43. The van der Waals surface area contributed by atoms with E-state index in [0.29, 0.717) is 24.4 Å². The molecule has 0 aliphatic carbocycles. The number of hydrogen-bond acceptors (Lipinski definition) is 5. The monoisotopic (exact) mass is 311 g/mol. The van der Waals surface area contributed by atoms with Gasteiger partial charge in [0.25, 0.3) is 5.91 Å². The predicted molar refractivity (Wildman–Crippen MR) is 83.8 cm³/mol. The first-order chi connectivity index (χ1) is 11.1. The van der Waals surface area contributed by atoms with E-state index in [2.05, 4.69) is 20.4 Å². The summed E-state index contributed by atoms with van der Waals surface area (Å²) in [5.74, 6) is 1.22. The number of aryl methyl sites for hydroxylation is 2. The van der Waals surface area contributed by atoms with Crippen LogP contribution in [0.25, 0.3) is 11.4 Å². The Bertz CT molecular complexity index is 807. The van der Waals surface area contributed by atoms with Gasteiger partial charge >= 0.3 is 0 Å². The van der Waals surface area contributed by atoms with Gasteiger partial charge < -0.3 is 9.73 Å². The first-order valence-corrected chi connectivity index (χ1v) is 7.28. The summed E-state index contributed by atoms with van der Waals surface area (Å²) < 4.78 is 7.12. The van der Waals surface area contributed by atoms with E-state index >= 15 is 0 Å². The molecule has 0 saturated heterocycles. The van der Waals surface area contributed by atoms with Gasteiger partial charge in [-0.15, -0.1) is 0 Å². The minimum atomic E-state index is -0.138. The molecule has 0 aliphatic heterocycles. The van der Waals surface area contributed by atoms with Crippen molar-refractivity contribution >= 4 is 5.91 Å². The van der Waals surface area contributed by atoms with Gasteiger partial charge in [0.15, 0.2) is 0 Å². The second-order valence-corrected chi connectivity index (χ2v) is 5.14. The predicted octanol–water partition coefficient (Wildman–Crippen LogP) is 1.98. The Hall–Kier alpha value is -2.96. The summed E-state index contributed by atoms with van der Waals surface area (Å²) in [6, 6.07) is 3.61. The van der Waals surface area contributed by atoms with E-state index in [1.54, 1.807) is 36.3 Å². The molecule has 1 amide bonds. The van der Waals surface area contributed by atoms with Gasteiger partial charge in [-0.05, 0) is 26.0 Å².